The van der Waals surface area contributed by atoms with E-state index in [4.69, 9.17) is 10.5 Å². The number of methoxy groups -OCH3 is 1. The summed E-state index contributed by atoms with van der Waals surface area (Å²) in [7, 11) is 1.63. The Morgan fingerprint density at radius 1 is 1.30 bits per heavy atom. The normalized spacial score (nSPS) is 17.3. The van der Waals surface area contributed by atoms with Crippen LogP contribution in [-0.4, -0.2) is 27.3 Å². The van der Waals surface area contributed by atoms with Gasteiger partial charge in [-0.25, -0.2) is 4.68 Å². The van der Waals surface area contributed by atoms with Crippen molar-refractivity contribution in [2.24, 2.45) is 0 Å². The Bertz CT molecular complexity index is 616. The SMILES string of the molecule is COc1cc(N)ccc1-c1nnnn1C1(C)CCCC1. The minimum atomic E-state index is -0.00870. The zero-order valence-electron chi connectivity index (χ0n) is 11.8. The molecule has 3 rings (SSSR count). The molecular weight excluding hydrogens is 254 g/mol. The summed E-state index contributed by atoms with van der Waals surface area (Å²) < 4.78 is 7.35. The maximum absolute atomic E-state index is 5.80. The molecule has 106 valence electrons. The summed E-state index contributed by atoms with van der Waals surface area (Å²) in [4.78, 5) is 0. The second-order valence-corrected chi connectivity index (χ2v) is 5.58. The standard InChI is InChI=1S/C14H19N5O/c1-14(7-3-4-8-14)19-13(16-17-18-19)11-6-5-10(15)9-12(11)20-2/h5-6,9H,3-4,7-8,15H2,1-2H3. The highest BCUT2D eigenvalue weighted by atomic mass is 16.5. The fourth-order valence-corrected chi connectivity index (χ4v) is 2.96. The number of ether oxygens (including phenoxy) is 1. The van der Waals surface area contributed by atoms with Gasteiger partial charge in [-0.15, -0.1) is 5.10 Å². The summed E-state index contributed by atoms with van der Waals surface area (Å²) >= 11 is 0. The van der Waals surface area contributed by atoms with E-state index in [0.717, 1.165) is 24.2 Å². The van der Waals surface area contributed by atoms with E-state index >= 15 is 0 Å². The van der Waals surface area contributed by atoms with E-state index in [2.05, 4.69) is 22.4 Å². The fourth-order valence-electron chi connectivity index (χ4n) is 2.96. The molecule has 0 bridgehead atoms. The topological polar surface area (TPSA) is 78.8 Å². The van der Waals surface area contributed by atoms with Crippen LogP contribution in [0, 0.1) is 0 Å². The van der Waals surface area contributed by atoms with Gasteiger partial charge in [-0.3, -0.25) is 0 Å². The molecule has 0 unspecified atom stereocenters. The molecule has 0 amide bonds. The molecule has 1 aromatic carbocycles. The van der Waals surface area contributed by atoms with Crippen molar-refractivity contribution in [1.82, 2.24) is 20.2 Å². The van der Waals surface area contributed by atoms with E-state index in [9.17, 15) is 0 Å². The van der Waals surface area contributed by atoms with E-state index < -0.39 is 0 Å². The Kier molecular flexibility index (Phi) is 3.08. The second-order valence-electron chi connectivity index (χ2n) is 5.58. The van der Waals surface area contributed by atoms with Gasteiger partial charge in [0.05, 0.1) is 18.2 Å². The highest BCUT2D eigenvalue weighted by Crippen LogP contribution is 2.39. The van der Waals surface area contributed by atoms with Crippen molar-refractivity contribution >= 4 is 5.69 Å². The molecule has 1 aliphatic rings. The summed E-state index contributed by atoms with van der Waals surface area (Å²) in [6.45, 7) is 2.21. The van der Waals surface area contributed by atoms with Gasteiger partial charge in [0.25, 0.3) is 0 Å². The van der Waals surface area contributed by atoms with Crippen LogP contribution in [0.3, 0.4) is 0 Å². The zero-order valence-corrected chi connectivity index (χ0v) is 11.8. The molecule has 6 heteroatoms. The van der Waals surface area contributed by atoms with Crippen LogP contribution in [0.15, 0.2) is 18.2 Å². The van der Waals surface area contributed by atoms with Crippen molar-refractivity contribution in [3.8, 4) is 17.1 Å². The van der Waals surface area contributed by atoms with Gasteiger partial charge < -0.3 is 10.5 Å². The molecule has 1 fully saturated rings. The van der Waals surface area contributed by atoms with Gasteiger partial charge in [0.15, 0.2) is 5.82 Å². The third-order valence-corrected chi connectivity index (χ3v) is 4.13. The van der Waals surface area contributed by atoms with Gasteiger partial charge >= 0.3 is 0 Å². The lowest BCUT2D eigenvalue weighted by molar-refractivity contribution is 0.292. The molecule has 0 saturated heterocycles. The Labute approximate surface area is 117 Å². The number of anilines is 1. The smallest absolute Gasteiger partial charge is 0.186 e. The van der Waals surface area contributed by atoms with Crippen LogP contribution in [0.2, 0.25) is 0 Å². The minimum absolute atomic E-state index is 0.00870. The van der Waals surface area contributed by atoms with Gasteiger partial charge in [-0.05, 0) is 42.3 Å². The summed E-state index contributed by atoms with van der Waals surface area (Å²) in [6.07, 6.45) is 4.63. The van der Waals surface area contributed by atoms with Crippen LogP contribution in [0.1, 0.15) is 32.6 Å². The van der Waals surface area contributed by atoms with E-state index in [-0.39, 0.29) is 5.54 Å². The Morgan fingerprint density at radius 2 is 2.05 bits per heavy atom. The number of nitrogens with zero attached hydrogens (tertiary/aromatic N) is 4. The van der Waals surface area contributed by atoms with Gasteiger partial charge in [-0.1, -0.05) is 12.8 Å². The van der Waals surface area contributed by atoms with Gasteiger partial charge in [0.2, 0.25) is 0 Å². The third-order valence-electron chi connectivity index (χ3n) is 4.13. The first-order chi connectivity index (χ1) is 9.64. The molecule has 6 nitrogen and oxygen atoms in total. The number of hydrogen-bond acceptors (Lipinski definition) is 5. The molecule has 1 aliphatic carbocycles. The predicted molar refractivity (Wildman–Crippen MR) is 76.3 cm³/mol. The number of hydrogen-bond donors (Lipinski definition) is 1. The van der Waals surface area contributed by atoms with Crippen LogP contribution in [-0.2, 0) is 5.54 Å². The van der Waals surface area contributed by atoms with Crippen molar-refractivity contribution in [2.45, 2.75) is 38.1 Å². The quantitative estimate of drug-likeness (QED) is 0.867. The molecule has 20 heavy (non-hydrogen) atoms. The van der Waals surface area contributed by atoms with E-state index in [0.29, 0.717) is 11.4 Å². The summed E-state index contributed by atoms with van der Waals surface area (Å²) in [6, 6.07) is 5.55. The molecule has 1 heterocycles. The average Bonchev–Trinajstić information content (AvgIpc) is 3.08. The number of benzene rings is 1. The van der Waals surface area contributed by atoms with E-state index in [1.54, 1.807) is 13.2 Å². The maximum atomic E-state index is 5.80. The lowest BCUT2D eigenvalue weighted by Gasteiger charge is -2.25. The Morgan fingerprint density at radius 3 is 2.75 bits per heavy atom. The fraction of sp³-hybridized carbons (Fsp3) is 0.500. The Balaban J connectivity index is 2.10. The first-order valence-electron chi connectivity index (χ1n) is 6.87. The molecule has 0 radical (unpaired) electrons. The first-order valence-corrected chi connectivity index (χ1v) is 6.87. The summed E-state index contributed by atoms with van der Waals surface area (Å²) in [5.41, 5.74) is 7.33. The third kappa shape index (κ3) is 2.01. The van der Waals surface area contributed by atoms with Crippen molar-refractivity contribution < 1.29 is 4.74 Å². The highest BCUT2D eigenvalue weighted by molar-refractivity contribution is 5.68. The Hall–Kier alpha value is -2.11. The van der Waals surface area contributed by atoms with E-state index in [1.807, 2.05) is 16.8 Å². The number of tetrazole rings is 1. The van der Waals surface area contributed by atoms with E-state index in [1.165, 1.54) is 12.8 Å². The molecule has 2 N–H and O–H groups in total. The predicted octanol–water partition coefficient (Wildman–Crippen LogP) is 2.22. The molecule has 1 aromatic heterocycles. The molecule has 2 aromatic rings. The number of nitrogens with two attached hydrogens (primary N) is 1. The van der Waals surface area contributed by atoms with Crippen molar-refractivity contribution in [3.05, 3.63) is 18.2 Å². The number of aromatic nitrogens is 4. The van der Waals surface area contributed by atoms with Gasteiger partial charge in [-0.2, -0.15) is 0 Å². The molecule has 1 saturated carbocycles. The molecular formula is C14H19N5O. The number of nitrogen functional groups attached to an aromatic ring is 1. The summed E-state index contributed by atoms with van der Waals surface area (Å²) in [5.74, 6) is 1.44. The summed E-state index contributed by atoms with van der Waals surface area (Å²) in [5, 5.41) is 12.3. The molecule has 0 spiro atoms. The van der Waals surface area contributed by atoms with Gasteiger partial charge in [0.1, 0.15) is 5.75 Å². The van der Waals surface area contributed by atoms with Crippen LogP contribution in [0.5, 0.6) is 5.75 Å². The van der Waals surface area contributed by atoms with Crippen LogP contribution in [0.4, 0.5) is 5.69 Å². The molecule has 0 atom stereocenters. The zero-order chi connectivity index (χ0) is 14.2. The largest absolute Gasteiger partial charge is 0.496 e. The highest BCUT2D eigenvalue weighted by Gasteiger charge is 2.34. The van der Waals surface area contributed by atoms with Crippen molar-refractivity contribution in [2.75, 3.05) is 12.8 Å². The van der Waals surface area contributed by atoms with Crippen LogP contribution < -0.4 is 10.5 Å². The maximum Gasteiger partial charge on any atom is 0.186 e. The minimum Gasteiger partial charge on any atom is -0.496 e. The average molecular weight is 273 g/mol. The lowest BCUT2D eigenvalue weighted by atomic mass is 10.0. The second kappa shape index (κ2) is 4.77. The van der Waals surface area contributed by atoms with Crippen molar-refractivity contribution in [1.29, 1.82) is 0 Å². The molecule has 0 aliphatic heterocycles. The van der Waals surface area contributed by atoms with Crippen LogP contribution >= 0.6 is 0 Å². The van der Waals surface area contributed by atoms with Crippen LogP contribution in [0.25, 0.3) is 11.4 Å². The number of rotatable bonds is 3. The van der Waals surface area contributed by atoms with Gasteiger partial charge in [0, 0.05) is 11.8 Å². The monoisotopic (exact) mass is 273 g/mol. The van der Waals surface area contributed by atoms with Crippen molar-refractivity contribution in [3.63, 3.8) is 0 Å². The first kappa shape index (κ1) is 12.9. The lowest BCUT2D eigenvalue weighted by Crippen LogP contribution is -2.28.